The third-order valence-electron chi connectivity index (χ3n) is 7.34. The highest BCUT2D eigenvalue weighted by Gasteiger charge is 2.57. The monoisotopic (exact) mass is 439 g/mol. The van der Waals surface area contributed by atoms with Crippen LogP contribution >= 0.6 is 0 Å². The van der Waals surface area contributed by atoms with E-state index >= 15 is 0 Å². The topological polar surface area (TPSA) is 73.7 Å². The lowest BCUT2D eigenvalue weighted by Gasteiger charge is -2.53. The number of amides is 2. The maximum Gasteiger partial charge on any atom is 0.389 e. The fourth-order valence-corrected chi connectivity index (χ4v) is 5.69. The van der Waals surface area contributed by atoms with Gasteiger partial charge in [-0.15, -0.1) is 0 Å². The van der Waals surface area contributed by atoms with Crippen LogP contribution in [0.25, 0.3) is 0 Å². The molecular weight excluding hydrogens is 411 g/mol. The first-order chi connectivity index (χ1) is 14.5. The number of hydrogen-bond acceptors (Lipinski definition) is 4. The summed E-state index contributed by atoms with van der Waals surface area (Å²) in [6.45, 7) is 2.27. The Morgan fingerprint density at radius 2 is 2.00 bits per heavy atom. The Morgan fingerprint density at radius 3 is 2.65 bits per heavy atom. The zero-order chi connectivity index (χ0) is 22.4. The summed E-state index contributed by atoms with van der Waals surface area (Å²) >= 11 is 0. The molecule has 1 saturated heterocycles. The van der Waals surface area contributed by atoms with Gasteiger partial charge in [0.25, 0.3) is 5.91 Å². The minimum absolute atomic E-state index is 0.142. The summed E-state index contributed by atoms with van der Waals surface area (Å²) < 4.78 is 38.3. The van der Waals surface area contributed by atoms with Crippen molar-refractivity contribution in [1.82, 2.24) is 14.8 Å². The number of carbonyl (C=O) groups is 2. The fraction of sp³-hybridized carbons (Fsp3) is 0.682. The minimum atomic E-state index is -4.39. The molecule has 4 rings (SSSR count). The van der Waals surface area contributed by atoms with E-state index in [9.17, 15) is 27.9 Å². The largest absolute Gasteiger partial charge is 0.389 e. The summed E-state index contributed by atoms with van der Waals surface area (Å²) in [5, 5.41) is 11.8. The first kappa shape index (κ1) is 22.0. The number of halogens is 3. The molecule has 2 aliphatic heterocycles. The van der Waals surface area contributed by atoms with Gasteiger partial charge in [-0.1, -0.05) is 19.8 Å². The second-order valence-electron chi connectivity index (χ2n) is 9.44. The lowest BCUT2D eigenvalue weighted by molar-refractivity contribution is -0.172. The molecule has 2 amide bonds. The van der Waals surface area contributed by atoms with E-state index in [4.69, 9.17) is 0 Å². The molecule has 1 unspecified atom stereocenters. The maximum atomic E-state index is 12.8. The molecule has 1 spiro atoms. The van der Waals surface area contributed by atoms with Crippen molar-refractivity contribution in [2.45, 2.75) is 63.8 Å². The van der Waals surface area contributed by atoms with Crippen molar-refractivity contribution < 1.29 is 27.9 Å². The summed E-state index contributed by atoms with van der Waals surface area (Å²) in [6.07, 6.45) is 1.10. The second kappa shape index (κ2) is 7.76. The van der Waals surface area contributed by atoms with Gasteiger partial charge in [0.15, 0.2) is 0 Å². The van der Waals surface area contributed by atoms with Crippen LogP contribution in [0, 0.1) is 11.3 Å². The standard InChI is InChI=1S/C22H28F3N3O3/c1-15(10-22(23,24)25)18(29)27-9-7-21(31,20(13-27)5-2-3-6-20)14-28-12-16-11-26-8-4-17(16)19(28)30/h4,8,11,15,31H,2-3,5-7,9-10,12-14H2,1H3/t15-,21?/m1/s1. The van der Waals surface area contributed by atoms with E-state index in [1.807, 2.05) is 0 Å². The third-order valence-corrected chi connectivity index (χ3v) is 7.34. The molecule has 2 atom stereocenters. The van der Waals surface area contributed by atoms with E-state index in [0.717, 1.165) is 18.4 Å². The zero-order valence-corrected chi connectivity index (χ0v) is 17.6. The van der Waals surface area contributed by atoms with Gasteiger partial charge in [-0.05, 0) is 25.3 Å². The smallest absolute Gasteiger partial charge is 0.387 e. The molecule has 3 heterocycles. The van der Waals surface area contributed by atoms with E-state index in [1.165, 1.54) is 11.8 Å². The number of nitrogens with zero attached hydrogens (tertiary/aromatic N) is 3. The molecule has 1 aliphatic carbocycles. The molecule has 1 aromatic rings. The van der Waals surface area contributed by atoms with Gasteiger partial charge in [-0.3, -0.25) is 14.6 Å². The van der Waals surface area contributed by atoms with E-state index < -0.39 is 35.4 Å². The summed E-state index contributed by atoms with van der Waals surface area (Å²) in [5.74, 6) is -1.80. The summed E-state index contributed by atoms with van der Waals surface area (Å²) in [4.78, 5) is 32.8. The Bertz CT molecular complexity index is 869. The first-order valence-corrected chi connectivity index (χ1v) is 10.8. The van der Waals surface area contributed by atoms with Crippen LogP contribution in [-0.2, 0) is 11.3 Å². The number of β-amino-alcohol motifs (C(OH)–C–C–N with tert-alkyl or cyclic N) is 1. The molecule has 3 aliphatic rings. The van der Waals surface area contributed by atoms with E-state index in [2.05, 4.69) is 4.98 Å². The predicted molar refractivity (Wildman–Crippen MR) is 106 cm³/mol. The van der Waals surface area contributed by atoms with Crippen molar-refractivity contribution in [2.24, 2.45) is 11.3 Å². The normalized spacial score (nSPS) is 26.4. The number of alkyl halides is 3. The molecule has 170 valence electrons. The molecule has 1 saturated carbocycles. The molecule has 2 fully saturated rings. The van der Waals surface area contributed by atoms with Gasteiger partial charge in [0.05, 0.1) is 18.6 Å². The average Bonchev–Trinajstić information content (AvgIpc) is 3.29. The van der Waals surface area contributed by atoms with Gasteiger partial charge in [0, 0.05) is 54.5 Å². The number of likely N-dealkylation sites (tertiary alicyclic amines) is 1. The van der Waals surface area contributed by atoms with Crippen molar-refractivity contribution in [3.63, 3.8) is 0 Å². The lowest BCUT2D eigenvalue weighted by atomic mass is 9.65. The number of pyridine rings is 1. The highest BCUT2D eigenvalue weighted by atomic mass is 19.4. The molecular formula is C22H28F3N3O3. The van der Waals surface area contributed by atoms with Gasteiger partial charge in [0.1, 0.15) is 0 Å². The highest BCUT2D eigenvalue weighted by molar-refractivity contribution is 5.98. The number of hydrogen-bond donors (Lipinski definition) is 1. The molecule has 0 aromatic carbocycles. The van der Waals surface area contributed by atoms with Crippen LogP contribution in [0.3, 0.4) is 0 Å². The van der Waals surface area contributed by atoms with Crippen LogP contribution in [0.2, 0.25) is 0 Å². The molecule has 1 aromatic heterocycles. The zero-order valence-electron chi connectivity index (χ0n) is 17.6. The quantitative estimate of drug-likeness (QED) is 0.782. The van der Waals surface area contributed by atoms with Gasteiger partial charge in [-0.25, -0.2) is 0 Å². The predicted octanol–water partition coefficient (Wildman–Crippen LogP) is 3.15. The number of aromatic nitrogens is 1. The Hall–Kier alpha value is -2.16. The molecule has 31 heavy (non-hydrogen) atoms. The van der Waals surface area contributed by atoms with Gasteiger partial charge < -0.3 is 14.9 Å². The van der Waals surface area contributed by atoms with Crippen LogP contribution < -0.4 is 0 Å². The lowest BCUT2D eigenvalue weighted by Crippen LogP contribution is -2.64. The average molecular weight is 439 g/mol. The number of rotatable bonds is 4. The second-order valence-corrected chi connectivity index (χ2v) is 9.44. The number of piperidine rings is 1. The van der Waals surface area contributed by atoms with Gasteiger partial charge >= 0.3 is 6.18 Å². The van der Waals surface area contributed by atoms with Crippen LogP contribution in [-0.4, -0.2) is 63.1 Å². The Balaban J connectivity index is 1.51. The number of carbonyl (C=O) groups excluding carboxylic acids is 2. The summed E-state index contributed by atoms with van der Waals surface area (Å²) in [7, 11) is 0. The van der Waals surface area contributed by atoms with Crippen molar-refractivity contribution in [3.8, 4) is 0 Å². The molecule has 9 heteroatoms. The minimum Gasteiger partial charge on any atom is -0.387 e. The summed E-state index contributed by atoms with van der Waals surface area (Å²) in [5.41, 5.74) is -0.372. The van der Waals surface area contributed by atoms with Crippen molar-refractivity contribution in [2.75, 3.05) is 19.6 Å². The Kier molecular flexibility index (Phi) is 5.52. The molecule has 1 N–H and O–H groups in total. The van der Waals surface area contributed by atoms with Crippen LogP contribution in [0.5, 0.6) is 0 Å². The Labute approximate surface area is 179 Å². The SMILES string of the molecule is C[C@H](CC(F)(F)F)C(=O)N1CCC(O)(CN2Cc3cnccc3C2=O)C2(CCCC2)C1. The summed E-state index contributed by atoms with van der Waals surface area (Å²) in [6, 6.07) is 1.68. The van der Waals surface area contributed by atoms with E-state index in [-0.39, 0.29) is 32.0 Å². The van der Waals surface area contributed by atoms with E-state index in [0.29, 0.717) is 24.9 Å². The van der Waals surface area contributed by atoms with Crippen molar-refractivity contribution >= 4 is 11.8 Å². The Morgan fingerprint density at radius 1 is 1.29 bits per heavy atom. The third kappa shape index (κ3) is 4.04. The first-order valence-electron chi connectivity index (χ1n) is 10.8. The van der Waals surface area contributed by atoms with Crippen molar-refractivity contribution in [1.29, 1.82) is 0 Å². The number of fused-ring (bicyclic) bond motifs is 1. The van der Waals surface area contributed by atoms with Gasteiger partial charge in [0.2, 0.25) is 5.91 Å². The molecule has 0 radical (unpaired) electrons. The van der Waals surface area contributed by atoms with Crippen LogP contribution in [0.1, 0.15) is 61.4 Å². The van der Waals surface area contributed by atoms with E-state index in [1.54, 1.807) is 23.4 Å². The van der Waals surface area contributed by atoms with Gasteiger partial charge in [-0.2, -0.15) is 13.2 Å². The van der Waals surface area contributed by atoms with Crippen LogP contribution in [0.15, 0.2) is 18.5 Å². The highest BCUT2D eigenvalue weighted by Crippen LogP contribution is 2.52. The van der Waals surface area contributed by atoms with Crippen LogP contribution in [0.4, 0.5) is 13.2 Å². The molecule has 0 bridgehead atoms. The molecule has 6 nitrogen and oxygen atoms in total. The number of aliphatic hydroxyl groups is 1. The van der Waals surface area contributed by atoms with Crippen molar-refractivity contribution in [3.05, 3.63) is 29.6 Å². The maximum absolute atomic E-state index is 12.8. The fourth-order valence-electron chi connectivity index (χ4n) is 5.69.